The zero-order valence-corrected chi connectivity index (χ0v) is 8.51. The number of nitrogens with zero attached hydrogens (tertiary/aromatic N) is 3. The molecule has 1 aromatic heterocycles. The Morgan fingerprint density at radius 2 is 2.31 bits per heavy atom. The smallest absolute Gasteiger partial charge is 0.195 e. The van der Waals surface area contributed by atoms with Crippen LogP contribution in [0.1, 0.15) is 17.4 Å². The van der Waals surface area contributed by atoms with Gasteiger partial charge in [-0.05, 0) is 17.7 Å². The molecule has 0 amide bonds. The molecule has 0 aliphatic carbocycles. The van der Waals surface area contributed by atoms with E-state index < -0.39 is 11.9 Å². The van der Waals surface area contributed by atoms with Crippen molar-refractivity contribution in [3.8, 4) is 5.75 Å². The molecule has 2 aromatic rings. The van der Waals surface area contributed by atoms with Crippen LogP contribution in [0.4, 0.5) is 4.39 Å². The highest BCUT2D eigenvalue weighted by Crippen LogP contribution is 2.22. The van der Waals surface area contributed by atoms with Crippen LogP contribution in [-0.4, -0.2) is 27.7 Å². The SMILES string of the molecule is COc1ccc(C(N)c2nn[nH]n2)cc1F. The van der Waals surface area contributed by atoms with Crippen LogP contribution in [0.2, 0.25) is 0 Å². The Morgan fingerprint density at radius 3 is 2.88 bits per heavy atom. The number of aromatic amines is 1. The first kappa shape index (κ1) is 10.5. The van der Waals surface area contributed by atoms with Crippen LogP contribution >= 0.6 is 0 Å². The molecular formula is C9H10FN5O. The number of rotatable bonds is 3. The molecular weight excluding hydrogens is 213 g/mol. The number of benzene rings is 1. The average Bonchev–Trinajstić information content (AvgIpc) is 2.81. The monoisotopic (exact) mass is 223 g/mol. The summed E-state index contributed by atoms with van der Waals surface area (Å²) in [5, 5.41) is 13.2. The van der Waals surface area contributed by atoms with E-state index in [9.17, 15) is 4.39 Å². The van der Waals surface area contributed by atoms with Gasteiger partial charge in [-0.2, -0.15) is 5.21 Å². The van der Waals surface area contributed by atoms with Crippen LogP contribution in [-0.2, 0) is 0 Å². The van der Waals surface area contributed by atoms with E-state index in [0.29, 0.717) is 11.4 Å². The predicted octanol–water partition coefficient (Wildman–Crippen LogP) is 0.395. The summed E-state index contributed by atoms with van der Waals surface area (Å²) in [4.78, 5) is 0. The van der Waals surface area contributed by atoms with E-state index in [-0.39, 0.29) is 5.75 Å². The lowest BCUT2D eigenvalue weighted by atomic mass is 10.1. The number of hydrogen-bond acceptors (Lipinski definition) is 5. The van der Waals surface area contributed by atoms with E-state index in [1.54, 1.807) is 6.07 Å². The first-order chi connectivity index (χ1) is 7.72. The summed E-state index contributed by atoms with van der Waals surface area (Å²) in [6.07, 6.45) is 0. The standard InChI is InChI=1S/C9H10FN5O/c1-16-7-3-2-5(4-6(7)10)8(11)9-12-14-15-13-9/h2-4,8H,11H2,1H3,(H,12,13,14,15). The summed E-state index contributed by atoms with van der Waals surface area (Å²) in [6.45, 7) is 0. The number of hydrogen-bond donors (Lipinski definition) is 2. The minimum absolute atomic E-state index is 0.170. The summed E-state index contributed by atoms with van der Waals surface area (Å²) < 4.78 is 18.2. The van der Waals surface area contributed by atoms with E-state index in [1.165, 1.54) is 19.2 Å². The van der Waals surface area contributed by atoms with Gasteiger partial charge in [0.15, 0.2) is 17.4 Å². The molecule has 7 heteroatoms. The Hall–Kier alpha value is -2.02. The molecule has 0 aliphatic heterocycles. The molecule has 1 unspecified atom stereocenters. The fraction of sp³-hybridized carbons (Fsp3) is 0.222. The van der Waals surface area contributed by atoms with Crippen LogP contribution in [0.25, 0.3) is 0 Å². The molecule has 0 radical (unpaired) electrons. The molecule has 1 atom stereocenters. The number of halogens is 1. The van der Waals surface area contributed by atoms with Crippen LogP contribution in [0.3, 0.4) is 0 Å². The third-order valence-corrected chi connectivity index (χ3v) is 2.17. The molecule has 0 saturated carbocycles. The molecule has 0 spiro atoms. The molecule has 16 heavy (non-hydrogen) atoms. The first-order valence-corrected chi connectivity index (χ1v) is 4.54. The van der Waals surface area contributed by atoms with Gasteiger partial charge in [-0.1, -0.05) is 11.3 Å². The van der Waals surface area contributed by atoms with Crippen LogP contribution in [0.15, 0.2) is 18.2 Å². The minimum Gasteiger partial charge on any atom is -0.494 e. The van der Waals surface area contributed by atoms with Crippen molar-refractivity contribution in [3.05, 3.63) is 35.4 Å². The summed E-state index contributed by atoms with van der Waals surface area (Å²) in [6, 6.07) is 3.84. The highest BCUT2D eigenvalue weighted by atomic mass is 19.1. The number of H-pyrrole nitrogens is 1. The Morgan fingerprint density at radius 1 is 1.50 bits per heavy atom. The van der Waals surface area contributed by atoms with E-state index in [2.05, 4.69) is 20.6 Å². The van der Waals surface area contributed by atoms with Gasteiger partial charge in [-0.25, -0.2) is 4.39 Å². The number of methoxy groups -OCH3 is 1. The molecule has 0 saturated heterocycles. The summed E-state index contributed by atoms with van der Waals surface area (Å²) >= 11 is 0. The third kappa shape index (κ3) is 1.84. The van der Waals surface area contributed by atoms with E-state index in [0.717, 1.165) is 0 Å². The third-order valence-electron chi connectivity index (χ3n) is 2.17. The van der Waals surface area contributed by atoms with Crippen LogP contribution in [0, 0.1) is 5.82 Å². The van der Waals surface area contributed by atoms with Gasteiger partial charge in [0.25, 0.3) is 0 Å². The molecule has 0 bridgehead atoms. The second-order valence-corrected chi connectivity index (χ2v) is 3.14. The normalized spacial score (nSPS) is 12.4. The predicted molar refractivity (Wildman–Crippen MR) is 53.2 cm³/mol. The maximum Gasteiger partial charge on any atom is 0.195 e. The zero-order valence-electron chi connectivity index (χ0n) is 8.51. The molecule has 84 valence electrons. The summed E-state index contributed by atoms with van der Waals surface area (Å²) in [7, 11) is 1.40. The van der Waals surface area contributed by atoms with Crippen LogP contribution < -0.4 is 10.5 Å². The fourth-order valence-electron chi connectivity index (χ4n) is 1.33. The van der Waals surface area contributed by atoms with Crippen molar-refractivity contribution in [2.45, 2.75) is 6.04 Å². The van der Waals surface area contributed by atoms with Gasteiger partial charge >= 0.3 is 0 Å². The van der Waals surface area contributed by atoms with Gasteiger partial charge in [0, 0.05) is 0 Å². The Labute approximate surface area is 90.6 Å². The highest BCUT2D eigenvalue weighted by Gasteiger charge is 2.15. The second kappa shape index (κ2) is 4.23. The van der Waals surface area contributed by atoms with Gasteiger partial charge in [0.2, 0.25) is 0 Å². The molecule has 1 heterocycles. The lowest BCUT2D eigenvalue weighted by molar-refractivity contribution is 0.386. The maximum atomic E-state index is 13.4. The van der Waals surface area contributed by atoms with Crippen molar-refractivity contribution in [2.24, 2.45) is 5.73 Å². The van der Waals surface area contributed by atoms with Gasteiger partial charge in [0.05, 0.1) is 13.2 Å². The zero-order chi connectivity index (χ0) is 11.5. The summed E-state index contributed by atoms with van der Waals surface area (Å²) in [5.74, 6) is 0.00701. The molecule has 3 N–H and O–H groups in total. The minimum atomic E-state index is -0.612. The lowest BCUT2D eigenvalue weighted by Gasteiger charge is -2.09. The fourth-order valence-corrected chi connectivity index (χ4v) is 1.33. The van der Waals surface area contributed by atoms with Gasteiger partial charge in [-0.3, -0.25) is 0 Å². The number of nitrogens with one attached hydrogen (secondary N) is 1. The molecule has 6 nitrogen and oxygen atoms in total. The quantitative estimate of drug-likeness (QED) is 0.785. The topological polar surface area (TPSA) is 89.7 Å². The van der Waals surface area contributed by atoms with Crippen molar-refractivity contribution in [1.29, 1.82) is 0 Å². The largest absolute Gasteiger partial charge is 0.494 e. The molecule has 1 aromatic carbocycles. The number of aromatic nitrogens is 4. The number of nitrogens with two attached hydrogens (primary N) is 1. The first-order valence-electron chi connectivity index (χ1n) is 4.54. The van der Waals surface area contributed by atoms with Crippen molar-refractivity contribution < 1.29 is 9.13 Å². The lowest BCUT2D eigenvalue weighted by Crippen LogP contribution is -2.14. The van der Waals surface area contributed by atoms with Crippen molar-refractivity contribution >= 4 is 0 Å². The highest BCUT2D eigenvalue weighted by molar-refractivity contribution is 5.32. The second-order valence-electron chi connectivity index (χ2n) is 3.14. The van der Waals surface area contributed by atoms with E-state index in [4.69, 9.17) is 10.5 Å². The van der Waals surface area contributed by atoms with Crippen LogP contribution in [0.5, 0.6) is 5.75 Å². The van der Waals surface area contributed by atoms with Gasteiger partial charge < -0.3 is 10.5 Å². The summed E-state index contributed by atoms with van der Waals surface area (Å²) in [5.41, 5.74) is 6.38. The maximum absolute atomic E-state index is 13.4. The Balaban J connectivity index is 2.31. The molecule has 2 rings (SSSR count). The molecule has 0 fully saturated rings. The Kier molecular flexibility index (Phi) is 2.78. The number of ether oxygens (including phenoxy) is 1. The molecule has 0 aliphatic rings. The van der Waals surface area contributed by atoms with Crippen molar-refractivity contribution in [1.82, 2.24) is 20.6 Å². The van der Waals surface area contributed by atoms with Crippen molar-refractivity contribution in [2.75, 3.05) is 7.11 Å². The number of tetrazole rings is 1. The van der Waals surface area contributed by atoms with E-state index in [1.807, 2.05) is 0 Å². The van der Waals surface area contributed by atoms with Gasteiger partial charge in [0.1, 0.15) is 0 Å². The Bertz CT molecular complexity index is 473. The van der Waals surface area contributed by atoms with Gasteiger partial charge in [-0.15, -0.1) is 10.2 Å². The van der Waals surface area contributed by atoms with Crippen molar-refractivity contribution in [3.63, 3.8) is 0 Å². The average molecular weight is 223 g/mol. The van der Waals surface area contributed by atoms with E-state index >= 15 is 0 Å².